The van der Waals surface area contributed by atoms with Gasteiger partial charge in [-0.25, -0.2) is 18.2 Å². The minimum absolute atomic E-state index is 0.105. The van der Waals surface area contributed by atoms with E-state index in [4.69, 9.17) is 0 Å². The van der Waals surface area contributed by atoms with Crippen LogP contribution in [0, 0.1) is 17.5 Å². The monoisotopic (exact) mass is 294 g/mol. The van der Waals surface area contributed by atoms with Crippen molar-refractivity contribution in [1.29, 1.82) is 0 Å². The van der Waals surface area contributed by atoms with E-state index >= 15 is 0 Å². The molecule has 2 rings (SSSR count). The molecule has 0 saturated carbocycles. The van der Waals surface area contributed by atoms with E-state index in [1.165, 1.54) is 0 Å². The standard InChI is InChI=1S/C8H2BrF3N2S/c9-8-13-7(14-15-8)3-1-4(10)6(12)5(11)2-3/h1-2H. The maximum Gasteiger partial charge on any atom is 0.194 e. The van der Waals surface area contributed by atoms with Gasteiger partial charge in [0.1, 0.15) is 0 Å². The first-order chi connectivity index (χ1) is 7.08. The number of hydrogen-bond acceptors (Lipinski definition) is 3. The fraction of sp³-hybridized carbons (Fsp3) is 0. The van der Waals surface area contributed by atoms with Gasteiger partial charge < -0.3 is 0 Å². The number of nitrogens with zero attached hydrogens (tertiary/aromatic N) is 2. The lowest BCUT2D eigenvalue weighted by Gasteiger charge is -1.98. The SMILES string of the molecule is Fc1cc(-c2nsc(Br)n2)cc(F)c1F. The Kier molecular flexibility index (Phi) is 2.74. The fourth-order valence-electron chi connectivity index (χ4n) is 1.01. The van der Waals surface area contributed by atoms with Gasteiger partial charge in [0, 0.05) is 5.56 Å². The van der Waals surface area contributed by atoms with Crippen LogP contribution in [0.3, 0.4) is 0 Å². The Balaban J connectivity index is 2.55. The molecular formula is C8H2BrF3N2S. The van der Waals surface area contributed by atoms with Crippen molar-refractivity contribution >= 4 is 27.5 Å². The Morgan fingerprint density at radius 2 is 1.73 bits per heavy atom. The third-order valence-electron chi connectivity index (χ3n) is 1.64. The molecule has 0 N–H and O–H groups in total. The van der Waals surface area contributed by atoms with Crippen LogP contribution >= 0.6 is 27.5 Å². The molecule has 0 spiro atoms. The predicted molar refractivity (Wildman–Crippen MR) is 52.9 cm³/mol. The van der Waals surface area contributed by atoms with Crippen LogP contribution in [0.25, 0.3) is 11.4 Å². The topological polar surface area (TPSA) is 25.8 Å². The highest BCUT2D eigenvalue weighted by atomic mass is 79.9. The van der Waals surface area contributed by atoms with Crippen LogP contribution in [-0.4, -0.2) is 9.36 Å². The molecule has 0 saturated heterocycles. The third-order valence-corrected chi connectivity index (χ3v) is 2.76. The largest absolute Gasteiger partial charge is 0.208 e. The van der Waals surface area contributed by atoms with E-state index in [9.17, 15) is 13.2 Å². The number of aromatic nitrogens is 2. The van der Waals surface area contributed by atoms with Crippen molar-refractivity contribution in [3.8, 4) is 11.4 Å². The number of halogens is 4. The zero-order valence-electron chi connectivity index (χ0n) is 6.97. The summed E-state index contributed by atoms with van der Waals surface area (Å²) in [4.78, 5) is 3.86. The minimum Gasteiger partial charge on any atom is -0.208 e. The van der Waals surface area contributed by atoms with Crippen molar-refractivity contribution in [2.24, 2.45) is 0 Å². The highest BCUT2D eigenvalue weighted by Crippen LogP contribution is 2.24. The summed E-state index contributed by atoms with van der Waals surface area (Å²) in [5.74, 6) is -3.84. The van der Waals surface area contributed by atoms with Gasteiger partial charge in [-0.2, -0.15) is 4.37 Å². The molecule has 0 radical (unpaired) electrons. The molecule has 0 atom stereocenters. The number of hydrogen-bond donors (Lipinski definition) is 0. The van der Waals surface area contributed by atoms with Crippen LogP contribution in [0.1, 0.15) is 0 Å². The fourth-order valence-corrected chi connectivity index (χ4v) is 1.83. The summed E-state index contributed by atoms with van der Waals surface area (Å²) in [6.07, 6.45) is 0. The van der Waals surface area contributed by atoms with Crippen LogP contribution < -0.4 is 0 Å². The Labute approximate surface area is 95.1 Å². The van der Waals surface area contributed by atoms with Gasteiger partial charge in [-0.1, -0.05) is 0 Å². The van der Waals surface area contributed by atoms with Crippen molar-refractivity contribution < 1.29 is 13.2 Å². The molecule has 0 amide bonds. The molecular weight excluding hydrogens is 293 g/mol. The summed E-state index contributed by atoms with van der Waals surface area (Å²) in [6.45, 7) is 0. The van der Waals surface area contributed by atoms with E-state index < -0.39 is 17.5 Å². The average molecular weight is 295 g/mol. The van der Waals surface area contributed by atoms with Gasteiger partial charge in [-0.15, -0.1) is 0 Å². The molecule has 2 aromatic rings. The molecule has 1 heterocycles. The van der Waals surface area contributed by atoms with Crippen molar-refractivity contribution in [2.45, 2.75) is 0 Å². The van der Waals surface area contributed by atoms with Gasteiger partial charge in [0.25, 0.3) is 0 Å². The van der Waals surface area contributed by atoms with Crippen LogP contribution in [0.2, 0.25) is 0 Å². The van der Waals surface area contributed by atoms with Crippen LogP contribution in [0.5, 0.6) is 0 Å². The molecule has 1 aromatic heterocycles. The average Bonchev–Trinajstić information content (AvgIpc) is 2.60. The maximum absolute atomic E-state index is 12.9. The summed E-state index contributed by atoms with van der Waals surface area (Å²) in [6, 6.07) is 1.71. The molecule has 0 unspecified atom stereocenters. The molecule has 1 aromatic carbocycles. The highest BCUT2D eigenvalue weighted by molar-refractivity contribution is 9.11. The molecule has 0 aliphatic rings. The van der Waals surface area contributed by atoms with Crippen molar-refractivity contribution in [3.63, 3.8) is 0 Å². The first-order valence-corrected chi connectivity index (χ1v) is 5.28. The van der Waals surface area contributed by atoms with Gasteiger partial charge in [0.05, 0.1) is 0 Å². The summed E-state index contributed by atoms with van der Waals surface area (Å²) in [5, 5.41) is 0. The maximum atomic E-state index is 12.9. The van der Waals surface area contributed by atoms with Gasteiger partial charge in [-0.3, -0.25) is 0 Å². The summed E-state index contributed by atoms with van der Waals surface area (Å²) in [5.41, 5.74) is 0.105. The molecule has 7 heteroatoms. The number of benzene rings is 1. The Morgan fingerprint density at radius 3 is 2.20 bits per heavy atom. The van der Waals surface area contributed by atoms with E-state index in [0.717, 1.165) is 23.7 Å². The van der Waals surface area contributed by atoms with Crippen molar-refractivity contribution in [2.75, 3.05) is 0 Å². The number of rotatable bonds is 1. The summed E-state index contributed by atoms with van der Waals surface area (Å²) < 4.78 is 42.7. The predicted octanol–water partition coefficient (Wildman–Crippen LogP) is 3.38. The first-order valence-electron chi connectivity index (χ1n) is 3.72. The lowest BCUT2D eigenvalue weighted by atomic mass is 10.2. The lowest BCUT2D eigenvalue weighted by Crippen LogP contribution is -1.92. The van der Waals surface area contributed by atoms with Gasteiger partial charge in [0.2, 0.25) is 0 Å². The van der Waals surface area contributed by atoms with E-state index in [2.05, 4.69) is 25.3 Å². The lowest BCUT2D eigenvalue weighted by molar-refractivity contribution is 0.447. The van der Waals surface area contributed by atoms with Crippen LogP contribution in [0.4, 0.5) is 13.2 Å². The molecule has 0 fully saturated rings. The zero-order valence-corrected chi connectivity index (χ0v) is 9.37. The minimum atomic E-state index is -1.49. The normalized spacial score (nSPS) is 10.7. The van der Waals surface area contributed by atoms with Crippen LogP contribution in [0.15, 0.2) is 16.0 Å². The Hall–Kier alpha value is -0.950. The molecule has 15 heavy (non-hydrogen) atoms. The van der Waals surface area contributed by atoms with Gasteiger partial charge >= 0.3 is 0 Å². The second-order valence-electron chi connectivity index (χ2n) is 2.62. The van der Waals surface area contributed by atoms with E-state index in [-0.39, 0.29) is 11.4 Å². The zero-order chi connectivity index (χ0) is 11.0. The first kappa shape index (κ1) is 10.6. The molecule has 2 nitrogen and oxygen atoms in total. The molecule has 78 valence electrons. The Bertz CT molecular complexity index is 491. The highest BCUT2D eigenvalue weighted by Gasteiger charge is 2.13. The quantitative estimate of drug-likeness (QED) is 0.754. The smallest absolute Gasteiger partial charge is 0.194 e. The summed E-state index contributed by atoms with van der Waals surface area (Å²) in [7, 11) is 0. The Morgan fingerprint density at radius 1 is 1.13 bits per heavy atom. The molecule has 0 aliphatic carbocycles. The van der Waals surface area contributed by atoms with E-state index in [1.54, 1.807) is 0 Å². The van der Waals surface area contributed by atoms with Crippen molar-refractivity contribution in [3.05, 3.63) is 33.5 Å². The second-order valence-corrected chi connectivity index (χ2v) is 4.65. The van der Waals surface area contributed by atoms with Crippen molar-refractivity contribution in [1.82, 2.24) is 9.36 Å². The molecule has 0 aliphatic heterocycles. The van der Waals surface area contributed by atoms with E-state index in [1.807, 2.05) is 0 Å². The second kappa shape index (κ2) is 3.90. The van der Waals surface area contributed by atoms with Gasteiger partial charge in [-0.05, 0) is 39.6 Å². The van der Waals surface area contributed by atoms with E-state index in [0.29, 0.717) is 3.92 Å². The molecule has 0 bridgehead atoms. The van der Waals surface area contributed by atoms with Crippen LogP contribution in [-0.2, 0) is 0 Å². The summed E-state index contributed by atoms with van der Waals surface area (Å²) >= 11 is 4.10. The third kappa shape index (κ3) is 2.03. The van der Waals surface area contributed by atoms with Gasteiger partial charge in [0.15, 0.2) is 27.2 Å².